The third-order valence-corrected chi connectivity index (χ3v) is 5.80. The van der Waals surface area contributed by atoms with Crippen LogP contribution >= 0.6 is 11.6 Å². The van der Waals surface area contributed by atoms with Gasteiger partial charge in [0.25, 0.3) is 0 Å². The van der Waals surface area contributed by atoms with Crippen LogP contribution in [0.1, 0.15) is 30.4 Å². The van der Waals surface area contributed by atoms with Gasteiger partial charge in [-0.15, -0.1) is 0 Å². The van der Waals surface area contributed by atoms with Gasteiger partial charge in [-0.1, -0.05) is 35.4 Å². The van der Waals surface area contributed by atoms with Crippen LogP contribution in [0.15, 0.2) is 36.4 Å². The molecule has 2 N–H and O–H groups in total. The summed E-state index contributed by atoms with van der Waals surface area (Å²) < 4.78 is 25.9. The molecule has 29 heavy (non-hydrogen) atoms. The molecule has 1 heterocycles. The van der Waals surface area contributed by atoms with Gasteiger partial charge in [-0.05, 0) is 49.9 Å². The summed E-state index contributed by atoms with van der Waals surface area (Å²) >= 11 is 6.56. The van der Waals surface area contributed by atoms with Crippen LogP contribution in [-0.2, 0) is 15.1 Å². The molecule has 0 spiro atoms. The number of benzene rings is 2. The number of hydrogen-bond donors (Lipinski definition) is 2. The van der Waals surface area contributed by atoms with E-state index in [1.54, 1.807) is 31.4 Å². The number of morpholine rings is 1. The van der Waals surface area contributed by atoms with Gasteiger partial charge in [-0.3, -0.25) is 0 Å². The van der Waals surface area contributed by atoms with Crippen LogP contribution in [0.2, 0.25) is 5.02 Å². The third-order valence-electron chi connectivity index (χ3n) is 5.49. The molecule has 1 saturated heterocycles. The lowest BCUT2D eigenvalue weighted by Crippen LogP contribution is -2.51. The number of hydrogen-bond acceptors (Lipinski definition) is 4. The summed E-state index contributed by atoms with van der Waals surface area (Å²) in [6, 6.07) is 10.3. The van der Waals surface area contributed by atoms with E-state index >= 15 is 0 Å². The molecule has 158 valence electrons. The Balaban J connectivity index is 2.10. The van der Waals surface area contributed by atoms with E-state index in [-0.39, 0.29) is 5.82 Å². The molecule has 0 aromatic heterocycles. The van der Waals surface area contributed by atoms with Crippen LogP contribution in [0.4, 0.5) is 4.39 Å². The van der Waals surface area contributed by atoms with E-state index in [4.69, 9.17) is 21.1 Å². The second kappa shape index (κ2) is 10.0. The summed E-state index contributed by atoms with van der Waals surface area (Å²) in [6.07, 6.45) is 1.56. The fourth-order valence-corrected chi connectivity index (χ4v) is 4.25. The van der Waals surface area contributed by atoms with Crippen molar-refractivity contribution in [2.24, 2.45) is 0 Å². The summed E-state index contributed by atoms with van der Waals surface area (Å²) in [4.78, 5) is 0. The summed E-state index contributed by atoms with van der Waals surface area (Å²) in [5, 5.41) is 15.6. The first-order chi connectivity index (χ1) is 14.0. The van der Waals surface area contributed by atoms with E-state index < -0.39 is 11.7 Å². The van der Waals surface area contributed by atoms with Crippen molar-refractivity contribution < 1.29 is 19.0 Å². The molecular formula is C23H29ClFNO3. The first kappa shape index (κ1) is 22.2. The number of ether oxygens (including phenoxy) is 2. The van der Waals surface area contributed by atoms with Crippen LogP contribution in [0.3, 0.4) is 0 Å². The highest BCUT2D eigenvalue weighted by atomic mass is 35.5. The van der Waals surface area contributed by atoms with Crippen LogP contribution < -0.4 is 5.32 Å². The van der Waals surface area contributed by atoms with Gasteiger partial charge in [0.05, 0.1) is 6.61 Å². The molecule has 0 aliphatic carbocycles. The molecular weight excluding hydrogens is 393 g/mol. The van der Waals surface area contributed by atoms with E-state index in [1.165, 1.54) is 6.07 Å². The van der Waals surface area contributed by atoms with Gasteiger partial charge in [0, 0.05) is 43.0 Å². The van der Waals surface area contributed by atoms with Crippen LogP contribution in [0, 0.1) is 12.7 Å². The van der Waals surface area contributed by atoms with Crippen molar-refractivity contribution in [1.29, 1.82) is 0 Å². The monoisotopic (exact) mass is 421 g/mol. The Hall–Kier alpha value is -1.50. The molecule has 2 aromatic carbocycles. The lowest BCUT2D eigenvalue weighted by atomic mass is 9.79. The van der Waals surface area contributed by atoms with Gasteiger partial charge in [0.2, 0.25) is 0 Å². The second-order valence-electron chi connectivity index (χ2n) is 7.58. The zero-order valence-electron chi connectivity index (χ0n) is 17.0. The number of rotatable bonds is 8. The van der Waals surface area contributed by atoms with Gasteiger partial charge in [-0.25, -0.2) is 4.39 Å². The highest BCUT2D eigenvalue weighted by molar-refractivity contribution is 6.33. The number of nitrogens with one attached hydrogen (secondary N) is 1. The molecule has 1 fully saturated rings. The molecule has 6 heteroatoms. The minimum atomic E-state index is -1.31. The molecule has 3 rings (SSSR count). The van der Waals surface area contributed by atoms with E-state index in [1.807, 2.05) is 13.0 Å². The lowest BCUT2D eigenvalue weighted by molar-refractivity contribution is -0.129. The minimum Gasteiger partial charge on any atom is -0.385 e. The summed E-state index contributed by atoms with van der Waals surface area (Å²) in [7, 11) is 1.66. The van der Waals surface area contributed by atoms with E-state index in [9.17, 15) is 9.50 Å². The van der Waals surface area contributed by atoms with E-state index in [0.717, 1.165) is 24.9 Å². The van der Waals surface area contributed by atoms with Crippen molar-refractivity contribution in [2.45, 2.75) is 37.9 Å². The molecule has 1 unspecified atom stereocenters. The number of unbranched alkanes of at least 4 members (excludes halogenated alkanes) is 1. The topological polar surface area (TPSA) is 50.7 Å². The lowest BCUT2D eigenvalue weighted by Gasteiger charge is -2.40. The summed E-state index contributed by atoms with van der Waals surface area (Å²) in [5.41, 5.74) is 1.13. The Labute approximate surface area is 177 Å². The van der Waals surface area contributed by atoms with Crippen LogP contribution in [0.5, 0.6) is 0 Å². The maximum Gasteiger partial charge on any atom is 0.131 e. The number of methoxy groups -OCH3 is 1. The zero-order chi connectivity index (χ0) is 20.9. The van der Waals surface area contributed by atoms with Crippen LogP contribution in [0.25, 0.3) is 11.1 Å². The number of aryl methyl sites for hydroxylation is 1. The molecule has 2 aromatic rings. The van der Waals surface area contributed by atoms with Crippen molar-refractivity contribution in [3.8, 4) is 11.1 Å². The largest absolute Gasteiger partial charge is 0.385 e. The standard InChI is InChI=1S/C23H29ClFNO3/c1-16-8-9-20(25)17(14-16)22-18(6-5-7-19(22)24)23(27,10-3-4-12-28-2)21-15-26-11-13-29-21/h5-9,14,21,26-27H,3-4,10-13,15H2,1-2H3/t21?,23-/m1/s1. The van der Waals surface area contributed by atoms with Crippen molar-refractivity contribution in [3.63, 3.8) is 0 Å². The molecule has 0 bridgehead atoms. The SMILES string of the molecule is COCCCC[C@@](O)(c1cccc(Cl)c1-c1cc(C)ccc1F)C1CNCCO1. The van der Waals surface area contributed by atoms with Gasteiger partial charge in [0.1, 0.15) is 17.5 Å². The van der Waals surface area contributed by atoms with Gasteiger partial charge in [0.15, 0.2) is 0 Å². The van der Waals surface area contributed by atoms with Gasteiger partial charge >= 0.3 is 0 Å². The fraction of sp³-hybridized carbons (Fsp3) is 0.478. The maximum absolute atomic E-state index is 14.8. The van der Waals surface area contributed by atoms with Crippen molar-refractivity contribution in [1.82, 2.24) is 5.32 Å². The van der Waals surface area contributed by atoms with Crippen molar-refractivity contribution >= 4 is 11.6 Å². The smallest absolute Gasteiger partial charge is 0.131 e. The summed E-state index contributed by atoms with van der Waals surface area (Å²) in [5.74, 6) is -0.366. The van der Waals surface area contributed by atoms with E-state index in [2.05, 4.69) is 5.32 Å². The molecule has 0 radical (unpaired) electrons. The molecule has 1 aliphatic rings. The van der Waals surface area contributed by atoms with Gasteiger partial charge in [-0.2, -0.15) is 0 Å². The normalized spacial score (nSPS) is 19.1. The second-order valence-corrected chi connectivity index (χ2v) is 7.99. The Morgan fingerprint density at radius 1 is 1.31 bits per heavy atom. The Bertz CT molecular complexity index is 826. The Kier molecular flexibility index (Phi) is 7.66. The average molecular weight is 422 g/mol. The minimum absolute atomic E-state index is 0.366. The van der Waals surface area contributed by atoms with Crippen molar-refractivity contribution in [3.05, 3.63) is 58.4 Å². The van der Waals surface area contributed by atoms with E-state index in [0.29, 0.717) is 47.9 Å². The molecule has 2 atom stereocenters. The molecule has 1 aliphatic heterocycles. The predicted octanol–water partition coefficient (Wildman–Crippen LogP) is 4.45. The molecule has 0 amide bonds. The Morgan fingerprint density at radius 2 is 2.14 bits per heavy atom. The average Bonchev–Trinajstić information content (AvgIpc) is 2.73. The highest BCUT2D eigenvalue weighted by Gasteiger charge is 2.42. The molecule has 4 nitrogen and oxygen atoms in total. The zero-order valence-corrected chi connectivity index (χ0v) is 17.8. The third kappa shape index (κ3) is 4.98. The quantitative estimate of drug-likeness (QED) is 0.618. The first-order valence-corrected chi connectivity index (χ1v) is 10.4. The van der Waals surface area contributed by atoms with Crippen molar-refractivity contribution in [2.75, 3.05) is 33.4 Å². The van der Waals surface area contributed by atoms with Crippen LogP contribution in [-0.4, -0.2) is 44.6 Å². The highest BCUT2D eigenvalue weighted by Crippen LogP contribution is 2.43. The summed E-state index contributed by atoms with van der Waals surface area (Å²) in [6.45, 7) is 4.30. The van der Waals surface area contributed by atoms with Gasteiger partial charge < -0.3 is 19.9 Å². The number of aliphatic hydroxyl groups is 1. The first-order valence-electron chi connectivity index (χ1n) is 10.1. The molecule has 0 saturated carbocycles. The maximum atomic E-state index is 14.8. The Morgan fingerprint density at radius 3 is 2.86 bits per heavy atom. The fourth-order valence-electron chi connectivity index (χ4n) is 3.97. The predicted molar refractivity (Wildman–Crippen MR) is 114 cm³/mol. The number of halogens is 2.